The number of carbonyl (C=O) groups excluding carboxylic acids is 3. The van der Waals surface area contributed by atoms with Crippen LogP contribution in [0.25, 0.3) is 0 Å². The number of carbonyl (C=O) groups is 3. The van der Waals surface area contributed by atoms with Crippen molar-refractivity contribution < 1.29 is 24.6 Å². The molecule has 3 amide bonds. The van der Waals surface area contributed by atoms with E-state index in [0.717, 1.165) is 43.2 Å². The fraction of sp³-hybridized carbons (Fsp3) is 0.674. The standard InChI is InChI=1S/C46H66N4O5/c1-30(2)25-38(48-43(54)37(26-31-11-7-5-8-12-31)47-42(53)27-32-13-9-6-10-14-32)44(55)50-23-21-49(22-24-50)39-29-46(4)33(28-40(39)51)15-16-34-35-17-18-41(52)45(35,3)20-19-36(34)46/h5-14,30,33-41,51-52H,15-29H2,1-4H3,(H,47,53)(H,48,54)/t33-,34-,35-,36-,37-,38-,39-,40-,41-,45-,46-/m0/s1. The normalized spacial score (nSPS) is 34.5. The van der Waals surface area contributed by atoms with Crippen molar-refractivity contribution in [3.63, 3.8) is 0 Å². The van der Waals surface area contributed by atoms with E-state index in [2.05, 4.69) is 43.2 Å². The fourth-order valence-electron chi connectivity index (χ4n) is 12.2. The maximum Gasteiger partial charge on any atom is 0.245 e. The molecule has 1 saturated heterocycles. The maximum atomic E-state index is 14.2. The first-order chi connectivity index (χ1) is 26.4. The minimum Gasteiger partial charge on any atom is -0.393 e. The molecule has 4 N–H and O–H groups in total. The molecule has 0 bridgehead atoms. The second kappa shape index (κ2) is 16.7. The summed E-state index contributed by atoms with van der Waals surface area (Å²) in [5, 5.41) is 28.6. The number of aliphatic hydroxyl groups is 2. The number of benzene rings is 2. The monoisotopic (exact) mass is 755 g/mol. The highest BCUT2D eigenvalue weighted by molar-refractivity contribution is 5.92. The summed E-state index contributed by atoms with van der Waals surface area (Å²) >= 11 is 0. The predicted molar refractivity (Wildman–Crippen MR) is 215 cm³/mol. The van der Waals surface area contributed by atoms with Gasteiger partial charge in [-0.25, -0.2) is 0 Å². The number of fused-ring (bicyclic) bond motifs is 5. The molecule has 0 aromatic heterocycles. The molecule has 4 saturated carbocycles. The largest absolute Gasteiger partial charge is 0.393 e. The van der Waals surface area contributed by atoms with Gasteiger partial charge in [0, 0.05) is 38.6 Å². The Kier molecular flexibility index (Phi) is 12.1. The molecule has 1 heterocycles. The Balaban J connectivity index is 0.991. The maximum absolute atomic E-state index is 14.2. The second-order valence-electron chi connectivity index (χ2n) is 18.9. The molecule has 55 heavy (non-hydrogen) atoms. The van der Waals surface area contributed by atoms with E-state index in [9.17, 15) is 24.6 Å². The van der Waals surface area contributed by atoms with E-state index < -0.39 is 12.1 Å². The highest BCUT2D eigenvalue weighted by Crippen LogP contribution is 2.66. The zero-order valence-corrected chi connectivity index (χ0v) is 33.7. The first-order valence-corrected chi connectivity index (χ1v) is 21.4. The van der Waals surface area contributed by atoms with E-state index in [1.807, 2.05) is 65.6 Å². The molecule has 0 unspecified atom stereocenters. The van der Waals surface area contributed by atoms with Crippen molar-refractivity contribution in [2.24, 2.45) is 40.4 Å². The van der Waals surface area contributed by atoms with Crippen molar-refractivity contribution in [1.29, 1.82) is 0 Å². The number of nitrogens with one attached hydrogen (secondary N) is 2. The van der Waals surface area contributed by atoms with Gasteiger partial charge in [0.15, 0.2) is 0 Å². The Labute approximate surface area is 329 Å². The summed E-state index contributed by atoms with van der Waals surface area (Å²) in [5.74, 6) is 1.96. The van der Waals surface area contributed by atoms with Crippen LogP contribution in [0.3, 0.4) is 0 Å². The summed E-state index contributed by atoms with van der Waals surface area (Å²) in [7, 11) is 0. The SMILES string of the molecule is CC(C)C[C@H](NC(=O)[C@H](Cc1ccccc1)NC(=O)Cc1ccccc1)C(=O)N1CCN([C@H]2C[C@@]3(C)[C@@H](CC[C@@H]4[C@@H]3CC[C@]3(C)[C@@H](O)CC[C@@H]43)C[C@@H]2O)CC1. The Morgan fingerprint density at radius 1 is 0.782 bits per heavy atom. The molecule has 2 aromatic carbocycles. The van der Waals surface area contributed by atoms with Crippen LogP contribution in [-0.2, 0) is 27.2 Å². The van der Waals surface area contributed by atoms with Gasteiger partial charge in [0.05, 0.1) is 18.6 Å². The third-order valence-electron chi connectivity index (χ3n) is 15.2. The molecule has 0 radical (unpaired) electrons. The Morgan fingerprint density at radius 2 is 1.44 bits per heavy atom. The zero-order valence-electron chi connectivity index (χ0n) is 33.7. The van der Waals surface area contributed by atoms with Gasteiger partial charge in [-0.1, -0.05) is 88.4 Å². The molecule has 5 aliphatic rings. The smallest absolute Gasteiger partial charge is 0.245 e. The molecule has 2 aromatic rings. The van der Waals surface area contributed by atoms with Gasteiger partial charge in [0.2, 0.25) is 17.7 Å². The Hall–Kier alpha value is -3.27. The van der Waals surface area contributed by atoms with Gasteiger partial charge in [-0.3, -0.25) is 19.3 Å². The second-order valence-corrected chi connectivity index (χ2v) is 18.9. The van der Waals surface area contributed by atoms with Crippen molar-refractivity contribution in [2.45, 2.75) is 129 Å². The number of piperazine rings is 1. The van der Waals surface area contributed by atoms with Crippen LogP contribution in [-0.4, -0.2) is 94.2 Å². The van der Waals surface area contributed by atoms with Gasteiger partial charge in [-0.2, -0.15) is 0 Å². The van der Waals surface area contributed by atoms with Crippen LogP contribution in [0.1, 0.15) is 96.6 Å². The van der Waals surface area contributed by atoms with Crippen LogP contribution in [0, 0.1) is 40.4 Å². The van der Waals surface area contributed by atoms with Crippen molar-refractivity contribution in [3.05, 3.63) is 71.8 Å². The van der Waals surface area contributed by atoms with Gasteiger partial charge in [0.1, 0.15) is 12.1 Å². The summed E-state index contributed by atoms with van der Waals surface area (Å²) in [6, 6.07) is 17.7. The number of hydrogen-bond donors (Lipinski definition) is 4. The van der Waals surface area contributed by atoms with E-state index >= 15 is 0 Å². The summed E-state index contributed by atoms with van der Waals surface area (Å²) in [6.45, 7) is 11.5. The number of rotatable bonds is 11. The van der Waals surface area contributed by atoms with E-state index in [0.29, 0.717) is 62.7 Å². The van der Waals surface area contributed by atoms with Gasteiger partial charge < -0.3 is 25.7 Å². The third-order valence-corrected chi connectivity index (χ3v) is 15.2. The van der Waals surface area contributed by atoms with Gasteiger partial charge in [-0.05, 0) is 109 Å². The van der Waals surface area contributed by atoms with Gasteiger partial charge in [-0.15, -0.1) is 0 Å². The van der Waals surface area contributed by atoms with Crippen molar-refractivity contribution in [2.75, 3.05) is 26.2 Å². The lowest BCUT2D eigenvalue weighted by Gasteiger charge is -2.62. The number of aliphatic hydroxyl groups excluding tert-OH is 2. The molecule has 7 rings (SSSR count). The molecule has 0 spiro atoms. The average molecular weight is 755 g/mol. The molecular weight excluding hydrogens is 689 g/mol. The Bertz CT molecular complexity index is 1630. The molecule has 300 valence electrons. The number of amides is 3. The van der Waals surface area contributed by atoms with Gasteiger partial charge in [0.25, 0.3) is 0 Å². The summed E-state index contributed by atoms with van der Waals surface area (Å²) in [4.78, 5) is 45.8. The van der Waals surface area contributed by atoms with Crippen molar-refractivity contribution in [3.8, 4) is 0 Å². The van der Waals surface area contributed by atoms with Gasteiger partial charge >= 0.3 is 0 Å². The lowest BCUT2D eigenvalue weighted by Crippen LogP contribution is -2.63. The molecule has 9 heteroatoms. The Morgan fingerprint density at radius 3 is 2.11 bits per heavy atom. The number of nitrogens with zero attached hydrogens (tertiary/aromatic N) is 2. The average Bonchev–Trinajstić information content (AvgIpc) is 3.48. The first kappa shape index (κ1) is 39.9. The third kappa shape index (κ3) is 8.40. The minimum absolute atomic E-state index is 0.0623. The summed E-state index contributed by atoms with van der Waals surface area (Å²) in [6.07, 6.45) is 9.08. The quantitative estimate of drug-likeness (QED) is 0.245. The topological polar surface area (TPSA) is 122 Å². The van der Waals surface area contributed by atoms with E-state index in [1.54, 1.807) is 0 Å². The van der Waals surface area contributed by atoms with Crippen LogP contribution in [0.2, 0.25) is 0 Å². The fourth-order valence-corrected chi connectivity index (χ4v) is 12.2. The molecule has 4 aliphatic carbocycles. The van der Waals surface area contributed by atoms with Crippen molar-refractivity contribution in [1.82, 2.24) is 20.4 Å². The molecule has 11 atom stereocenters. The molecule has 9 nitrogen and oxygen atoms in total. The van der Waals surface area contributed by atoms with Crippen LogP contribution < -0.4 is 10.6 Å². The lowest BCUT2D eigenvalue weighted by molar-refractivity contribution is -0.157. The highest BCUT2D eigenvalue weighted by Gasteiger charge is 2.61. The molecular formula is C46H66N4O5. The van der Waals surface area contributed by atoms with Crippen LogP contribution >= 0.6 is 0 Å². The van der Waals surface area contributed by atoms with Crippen molar-refractivity contribution >= 4 is 17.7 Å². The summed E-state index contributed by atoms with van der Waals surface area (Å²) < 4.78 is 0. The van der Waals surface area contributed by atoms with Crippen LogP contribution in [0.5, 0.6) is 0 Å². The minimum atomic E-state index is -0.827. The van der Waals surface area contributed by atoms with E-state index in [4.69, 9.17) is 0 Å². The number of hydrogen-bond acceptors (Lipinski definition) is 6. The predicted octanol–water partition coefficient (Wildman–Crippen LogP) is 5.37. The zero-order chi connectivity index (χ0) is 38.9. The molecule has 5 fully saturated rings. The van der Waals surface area contributed by atoms with Crippen LogP contribution in [0.15, 0.2) is 60.7 Å². The molecule has 1 aliphatic heterocycles. The van der Waals surface area contributed by atoms with E-state index in [1.165, 1.54) is 19.3 Å². The lowest BCUT2D eigenvalue weighted by atomic mass is 9.44. The van der Waals surface area contributed by atoms with E-state index in [-0.39, 0.29) is 59.1 Å². The highest BCUT2D eigenvalue weighted by atomic mass is 16.3. The summed E-state index contributed by atoms with van der Waals surface area (Å²) in [5.41, 5.74) is 2.04. The van der Waals surface area contributed by atoms with Crippen LogP contribution in [0.4, 0.5) is 0 Å². The first-order valence-electron chi connectivity index (χ1n) is 21.4.